The van der Waals surface area contributed by atoms with Crippen LogP contribution in [0.4, 0.5) is 5.69 Å². The number of benzene rings is 3. The number of para-hydroxylation sites is 1. The van der Waals surface area contributed by atoms with Crippen molar-refractivity contribution in [3.8, 4) is 0 Å². The van der Waals surface area contributed by atoms with E-state index in [-0.39, 0.29) is 0 Å². The van der Waals surface area contributed by atoms with Crippen LogP contribution in [0, 0.1) is 0 Å². The maximum atomic E-state index is 2.44. The summed E-state index contributed by atoms with van der Waals surface area (Å²) < 4.78 is 2.44. The number of fused-ring (bicyclic) bond motifs is 2. The van der Waals surface area contributed by atoms with E-state index in [1.54, 1.807) is 0 Å². The maximum Gasteiger partial charge on any atom is 0.213 e. The topological polar surface area (TPSA) is 7.12 Å². The minimum absolute atomic E-state index is 1.09. The molecule has 0 aliphatic carbocycles. The molecule has 4 rings (SSSR count). The van der Waals surface area contributed by atoms with Crippen molar-refractivity contribution < 1.29 is 4.57 Å². The number of nitrogens with zero attached hydrogens (tertiary/aromatic N) is 2. The van der Waals surface area contributed by atoms with E-state index in [0.717, 1.165) is 6.54 Å². The molecule has 0 saturated heterocycles. The van der Waals surface area contributed by atoms with Gasteiger partial charge < -0.3 is 4.90 Å². The fourth-order valence-electron chi connectivity index (χ4n) is 5.09. The Hall–Kier alpha value is -3.13. The van der Waals surface area contributed by atoms with Crippen LogP contribution in [0.2, 0.25) is 0 Å². The normalized spacial score (nSPS) is 11.6. The van der Waals surface area contributed by atoms with Crippen molar-refractivity contribution in [2.45, 2.75) is 64.8 Å². The van der Waals surface area contributed by atoms with Gasteiger partial charge in [0.1, 0.15) is 6.54 Å². The zero-order valence-electron chi connectivity index (χ0n) is 21.8. The van der Waals surface area contributed by atoms with Crippen LogP contribution < -0.4 is 9.47 Å². The number of hydrogen-bond acceptors (Lipinski definition) is 1. The molecule has 2 nitrogen and oxygen atoms in total. The second-order valence-corrected chi connectivity index (χ2v) is 9.90. The van der Waals surface area contributed by atoms with Crippen LogP contribution in [0.1, 0.15) is 69.4 Å². The lowest BCUT2D eigenvalue weighted by atomic mass is 10.0. The van der Waals surface area contributed by atoms with E-state index in [2.05, 4.69) is 116 Å². The van der Waals surface area contributed by atoms with Gasteiger partial charge in [-0.25, -0.2) is 0 Å². The molecule has 0 radical (unpaired) electrons. The molecule has 0 unspecified atom stereocenters. The first kappa shape index (κ1) is 25.0. The van der Waals surface area contributed by atoms with Gasteiger partial charge in [0.25, 0.3) is 0 Å². The van der Waals surface area contributed by atoms with Crippen molar-refractivity contribution in [3.05, 3.63) is 84.1 Å². The van der Waals surface area contributed by atoms with Crippen LogP contribution >= 0.6 is 0 Å². The minimum Gasteiger partial charge on any atom is -0.377 e. The molecule has 0 N–H and O–H groups in total. The molecule has 0 aliphatic rings. The van der Waals surface area contributed by atoms with E-state index in [1.807, 2.05) is 0 Å². The van der Waals surface area contributed by atoms with E-state index in [1.165, 1.54) is 89.9 Å². The summed E-state index contributed by atoms with van der Waals surface area (Å²) in [6.45, 7) is 3.38. The summed E-state index contributed by atoms with van der Waals surface area (Å²) >= 11 is 0. The summed E-state index contributed by atoms with van der Waals surface area (Å²) in [5, 5.41) is 3.90. The van der Waals surface area contributed by atoms with Crippen LogP contribution in [-0.2, 0) is 6.54 Å². The lowest BCUT2D eigenvalue weighted by Gasteiger charge is -2.16. The molecule has 2 heteroatoms. The second-order valence-electron chi connectivity index (χ2n) is 9.90. The Morgan fingerprint density at radius 2 is 1.23 bits per heavy atom. The molecular formula is C33H41N2+. The minimum atomic E-state index is 1.09. The van der Waals surface area contributed by atoms with Crippen LogP contribution in [0.25, 0.3) is 33.8 Å². The number of anilines is 1. The average molecular weight is 466 g/mol. The first-order chi connectivity index (χ1) is 17.2. The Labute approximate surface area is 211 Å². The molecule has 182 valence electrons. The van der Waals surface area contributed by atoms with Crippen molar-refractivity contribution in [2.24, 2.45) is 0 Å². The maximum absolute atomic E-state index is 2.44. The van der Waals surface area contributed by atoms with Crippen molar-refractivity contribution in [2.75, 3.05) is 19.0 Å². The van der Waals surface area contributed by atoms with Gasteiger partial charge in [-0.3, -0.25) is 0 Å². The smallest absolute Gasteiger partial charge is 0.213 e. The molecule has 0 spiro atoms. The first-order valence-electron chi connectivity index (χ1n) is 13.5. The fraction of sp³-hybridized carbons (Fsp3) is 0.364. The van der Waals surface area contributed by atoms with E-state index < -0.39 is 0 Å². The number of pyridine rings is 1. The summed E-state index contributed by atoms with van der Waals surface area (Å²) in [5.74, 6) is 0. The van der Waals surface area contributed by atoms with Gasteiger partial charge in [0.05, 0.1) is 5.39 Å². The zero-order chi connectivity index (χ0) is 24.5. The third kappa shape index (κ3) is 6.31. The standard InChI is InChI=1S/C33H41N2/c1-4-5-6-7-8-9-10-15-25-35-26-24-28(30-17-13-14-19-33(30)35)21-20-27-22-23-32(34(2)3)31-18-12-11-16-29(27)31/h11-14,16-24,26H,4-10,15,25H2,1-3H3/q+1. The van der Waals surface area contributed by atoms with Gasteiger partial charge in [0.15, 0.2) is 6.20 Å². The van der Waals surface area contributed by atoms with Crippen molar-refractivity contribution >= 4 is 39.5 Å². The van der Waals surface area contributed by atoms with E-state index in [9.17, 15) is 0 Å². The Kier molecular flexibility index (Phi) is 8.95. The Bertz CT molecular complexity index is 1270. The molecule has 1 aromatic heterocycles. The molecule has 0 saturated carbocycles. The monoisotopic (exact) mass is 465 g/mol. The zero-order valence-corrected chi connectivity index (χ0v) is 21.8. The number of aromatic nitrogens is 1. The SMILES string of the molecule is CCCCCCCCCC[n+]1ccc(C=Cc2ccc(N(C)C)c3ccccc23)c2ccccc21. The van der Waals surface area contributed by atoms with Crippen LogP contribution in [0.15, 0.2) is 72.9 Å². The van der Waals surface area contributed by atoms with Crippen LogP contribution in [-0.4, -0.2) is 14.1 Å². The number of unbranched alkanes of at least 4 members (excludes halogenated alkanes) is 7. The summed E-state index contributed by atoms with van der Waals surface area (Å²) in [6.07, 6.45) is 17.7. The third-order valence-corrected chi connectivity index (χ3v) is 7.07. The first-order valence-corrected chi connectivity index (χ1v) is 13.5. The highest BCUT2D eigenvalue weighted by molar-refractivity contribution is 6.01. The molecule has 3 aromatic carbocycles. The molecule has 1 heterocycles. The van der Waals surface area contributed by atoms with Gasteiger partial charge >= 0.3 is 0 Å². The summed E-state index contributed by atoms with van der Waals surface area (Å²) in [6, 6.07) is 24.3. The van der Waals surface area contributed by atoms with Crippen molar-refractivity contribution in [1.29, 1.82) is 0 Å². The number of aryl methyl sites for hydroxylation is 1. The lowest BCUT2D eigenvalue weighted by Crippen LogP contribution is -2.34. The quantitative estimate of drug-likeness (QED) is 0.150. The highest BCUT2D eigenvalue weighted by Gasteiger charge is 2.11. The van der Waals surface area contributed by atoms with E-state index in [4.69, 9.17) is 0 Å². The molecule has 0 amide bonds. The summed E-state index contributed by atoms with van der Waals surface area (Å²) in [4.78, 5) is 2.19. The van der Waals surface area contributed by atoms with E-state index >= 15 is 0 Å². The molecule has 35 heavy (non-hydrogen) atoms. The molecule has 0 aliphatic heterocycles. The van der Waals surface area contributed by atoms with Gasteiger partial charge in [-0.1, -0.05) is 100 Å². The molecule has 0 bridgehead atoms. The van der Waals surface area contributed by atoms with Gasteiger partial charge in [-0.15, -0.1) is 0 Å². The second kappa shape index (κ2) is 12.5. The van der Waals surface area contributed by atoms with Gasteiger partial charge in [0.2, 0.25) is 5.52 Å². The van der Waals surface area contributed by atoms with Gasteiger partial charge in [-0.2, -0.15) is 4.57 Å². The third-order valence-electron chi connectivity index (χ3n) is 7.07. The Morgan fingerprint density at radius 3 is 1.94 bits per heavy atom. The lowest BCUT2D eigenvalue weighted by molar-refractivity contribution is -0.671. The van der Waals surface area contributed by atoms with E-state index in [0.29, 0.717) is 0 Å². The molecular weight excluding hydrogens is 424 g/mol. The highest BCUT2D eigenvalue weighted by Crippen LogP contribution is 2.30. The van der Waals surface area contributed by atoms with Gasteiger partial charge in [0, 0.05) is 43.7 Å². The Morgan fingerprint density at radius 1 is 0.629 bits per heavy atom. The largest absolute Gasteiger partial charge is 0.377 e. The van der Waals surface area contributed by atoms with Crippen LogP contribution in [0.5, 0.6) is 0 Å². The predicted molar refractivity (Wildman–Crippen MR) is 154 cm³/mol. The van der Waals surface area contributed by atoms with Crippen LogP contribution in [0.3, 0.4) is 0 Å². The summed E-state index contributed by atoms with van der Waals surface area (Å²) in [5.41, 5.74) is 5.11. The predicted octanol–water partition coefficient (Wildman–Crippen LogP) is 8.66. The van der Waals surface area contributed by atoms with Crippen molar-refractivity contribution in [1.82, 2.24) is 0 Å². The number of hydrogen-bond donors (Lipinski definition) is 0. The summed E-state index contributed by atoms with van der Waals surface area (Å²) in [7, 11) is 4.21. The highest BCUT2D eigenvalue weighted by atomic mass is 15.1. The van der Waals surface area contributed by atoms with Crippen molar-refractivity contribution in [3.63, 3.8) is 0 Å². The Balaban J connectivity index is 1.50. The fourth-order valence-corrected chi connectivity index (χ4v) is 5.09. The molecule has 0 atom stereocenters. The molecule has 4 aromatic rings. The molecule has 0 fully saturated rings. The van der Waals surface area contributed by atoms with Gasteiger partial charge in [-0.05, 0) is 35.1 Å². The average Bonchev–Trinajstić information content (AvgIpc) is 2.89. The number of rotatable bonds is 12.